The van der Waals surface area contributed by atoms with Crippen LogP contribution in [0.4, 0.5) is 0 Å². The van der Waals surface area contributed by atoms with E-state index in [1.807, 2.05) is 24.3 Å². The normalized spacial score (nSPS) is 16.9. The van der Waals surface area contributed by atoms with Crippen molar-refractivity contribution in [2.24, 2.45) is 4.99 Å². The maximum absolute atomic E-state index is 6.25. The standard InChI is InChI=1S/C20H27ClN4OS/c1-2-22-20(23-14-16-6-3-4-7-17(16)21)24-15-18(19-8-5-13-27-19)25-9-11-26-12-10-25/h3-8,13,18H,2,9-12,14-15H2,1H3,(H2,22,23,24). The molecule has 27 heavy (non-hydrogen) atoms. The Kier molecular flexibility index (Phi) is 7.95. The van der Waals surface area contributed by atoms with Crippen LogP contribution >= 0.6 is 22.9 Å². The SMILES string of the molecule is CCNC(=NCc1ccccc1Cl)NCC(c1cccs1)N1CCOCC1. The van der Waals surface area contributed by atoms with Crippen molar-refractivity contribution in [3.05, 3.63) is 57.2 Å². The second-order valence-corrected chi connectivity index (χ2v) is 7.73. The fourth-order valence-corrected chi connectivity index (χ4v) is 4.16. The van der Waals surface area contributed by atoms with Crippen LogP contribution in [0.3, 0.4) is 0 Å². The van der Waals surface area contributed by atoms with E-state index in [4.69, 9.17) is 21.3 Å². The highest BCUT2D eigenvalue weighted by molar-refractivity contribution is 7.10. The number of halogens is 1. The van der Waals surface area contributed by atoms with Crippen molar-refractivity contribution in [2.75, 3.05) is 39.4 Å². The number of nitrogens with zero attached hydrogens (tertiary/aromatic N) is 2. The highest BCUT2D eigenvalue weighted by Crippen LogP contribution is 2.25. The lowest BCUT2D eigenvalue weighted by Crippen LogP contribution is -2.46. The second kappa shape index (κ2) is 10.7. The first-order valence-corrected chi connectivity index (χ1v) is 10.6. The van der Waals surface area contributed by atoms with Gasteiger partial charge in [-0.15, -0.1) is 11.3 Å². The maximum Gasteiger partial charge on any atom is 0.191 e. The molecule has 1 fully saturated rings. The minimum atomic E-state index is 0.318. The zero-order valence-electron chi connectivity index (χ0n) is 15.7. The zero-order chi connectivity index (χ0) is 18.9. The molecule has 146 valence electrons. The van der Waals surface area contributed by atoms with E-state index in [1.165, 1.54) is 4.88 Å². The van der Waals surface area contributed by atoms with Gasteiger partial charge in [0.15, 0.2) is 5.96 Å². The van der Waals surface area contributed by atoms with Gasteiger partial charge in [0, 0.05) is 36.1 Å². The molecular weight excluding hydrogens is 380 g/mol. The molecule has 1 aromatic heterocycles. The lowest BCUT2D eigenvalue weighted by atomic mass is 10.2. The van der Waals surface area contributed by atoms with E-state index in [2.05, 4.69) is 40.0 Å². The van der Waals surface area contributed by atoms with Crippen molar-refractivity contribution in [3.63, 3.8) is 0 Å². The van der Waals surface area contributed by atoms with Crippen molar-refractivity contribution >= 4 is 28.9 Å². The molecule has 0 saturated carbocycles. The van der Waals surface area contributed by atoms with E-state index in [0.717, 1.165) is 55.9 Å². The van der Waals surface area contributed by atoms with Crippen molar-refractivity contribution in [2.45, 2.75) is 19.5 Å². The second-order valence-electron chi connectivity index (χ2n) is 6.35. The summed E-state index contributed by atoms with van der Waals surface area (Å²) >= 11 is 8.06. The van der Waals surface area contributed by atoms with Gasteiger partial charge < -0.3 is 15.4 Å². The van der Waals surface area contributed by atoms with Crippen molar-refractivity contribution in [1.82, 2.24) is 15.5 Å². The van der Waals surface area contributed by atoms with Crippen LogP contribution in [0.5, 0.6) is 0 Å². The Balaban J connectivity index is 1.66. The third-order valence-corrected chi connectivity index (χ3v) is 5.87. The first-order chi connectivity index (χ1) is 13.3. The van der Waals surface area contributed by atoms with Crippen molar-refractivity contribution < 1.29 is 4.74 Å². The summed E-state index contributed by atoms with van der Waals surface area (Å²) in [5.74, 6) is 0.812. The fraction of sp³-hybridized carbons (Fsp3) is 0.450. The molecule has 0 aliphatic carbocycles. The Bertz CT molecular complexity index is 717. The van der Waals surface area contributed by atoms with Gasteiger partial charge in [0.2, 0.25) is 0 Å². The number of rotatable bonds is 7. The number of benzene rings is 1. The Morgan fingerprint density at radius 2 is 2.04 bits per heavy atom. The van der Waals surface area contributed by atoms with Crippen LogP contribution in [-0.4, -0.2) is 50.3 Å². The van der Waals surface area contributed by atoms with Gasteiger partial charge in [0.25, 0.3) is 0 Å². The molecule has 0 amide bonds. The number of hydrogen-bond acceptors (Lipinski definition) is 4. The van der Waals surface area contributed by atoms with Gasteiger partial charge in [-0.3, -0.25) is 4.90 Å². The lowest BCUT2D eigenvalue weighted by Gasteiger charge is -2.34. The monoisotopic (exact) mass is 406 g/mol. The highest BCUT2D eigenvalue weighted by atomic mass is 35.5. The van der Waals surface area contributed by atoms with E-state index in [1.54, 1.807) is 11.3 Å². The summed E-state index contributed by atoms with van der Waals surface area (Å²) in [5, 5.41) is 9.74. The van der Waals surface area contributed by atoms with Gasteiger partial charge in [0.05, 0.1) is 25.8 Å². The van der Waals surface area contributed by atoms with Gasteiger partial charge in [0.1, 0.15) is 0 Å². The molecule has 0 radical (unpaired) electrons. The summed E-state index contributed by atoms with van der Waals surface area (Å²) in [5.41, 5.74) is 1.03. The molecule has 2 aromatic rings. The molecule has 1 unspecified atom stereocenters. The molecular formula is C20H27ClN4OS. The van der Waals surface area contributed by atoms with E-state index in [0.29, 0.717) is 12.6 Å². The Morgan fingerprint density at radius 1 is 1.22 bits per heavy atom. The third-order valence-electron chi connectivity index (χ3n) is 4.53. The van der Waals surface area contributed by atoms with Crippen LogP contribution in [0.1, 0.15) is 23.4 Å². The Morgan fingerprint density at radius 3 is 2.74 bits per heavy atom. The molecule has 2 N–H and O–H groups in total. The molecule has 1 atom stereocenters. The summed E-state index contributed by atoms with van der Waals surface area (Å²) in [6, 6.07) is 12.5. The van der Waals surface area contributed by atoms with E-state index in [9.17, 15) is 0 Å². The average Bonchev–Trinajstić information content (AvgIpc) is 3.22. The highest BCUT2D eigenvalue weighted by Gasteiger charge is 2.23. The largest absolute Gasteiger partial charge is 0.379 e. The molecule has 7 heteroatoms. The van der Waals surface area contributed by atoms with Crippen molar-refractivity contribution in [3.8, 4) is 0 Å². The average molecular weight is 407 g/mol. The molecule has 0 bridgehead atoms. The van der Waals surface area contributed by atoms with Crippen LogP contribution < -0.4 is 10.6 Å². The quantitative estimate of drug-likeness (QED) is 0.545. The van der Waals surface area contributed by atoms with Crippen LogP contribution in [0.25, 0.3) is 0 Å². The number of thiophene rings is 1. The fourth-order valence-electron chi connectivity index (χ4n) is 3.11. The Hall–Kier alpha value is -1.60. The summed E-state index contributed by atoms with van der Waals surface area (Å²) < 4.78 is 5.52. The molecule has 3 rings (SSSR count). The first kappa shape index (κ1) is 20.1. The van der Waals surface area contributed by atoms with Gasteiger partial charge in [-0.2, -0.15) is 0 Å². The van der Waals surface area contributed by atoms with Crippen LogP contribution in [-0.2, 0) is 11.3 Å². The van der Waals surface area contributed by atoms with Gasteiger partial charge in [-0.1, -0.05) is 35.9 Å². The predicted molar refractivity (Wildman–Crippen MR) is 114 cm³/mol. The number of morpholine rings is 1. The lowest BCUT2D eigenvalue weighted by molar-refractivity contribution is 0.0177. The molecule has 1 aliphatic rings. The summed E-state index contributed by atoms with van der Waals surface area (Å²) in [4.78, 5) is 8.57. The first-order valence-electron chi connectivity index (χ1n) is 9.38. The molecule has 1 aromatic carbocycles. The predicted octanol–water partition coefficient (Wildman–Crippen LogP) is 3.53. The topological polar surface area (TPSA) is 48.9 Å². The number of ether oxygens (including phenoxy) is 1. The molecule has 2 heterocycles. The number of nitrogens with one attached hydrogen (secondary N) is 2. The Labute approximate surface area is 170 Å². The molecule has 1 aliphatic heterocycles. The van der Waals surface area contributed by atoms with Crippen LogP contribution in [0.2, 0.25) is 5.02 Å². The number of hydrogen-bond donors (Lipinski definition) is 2. The van der Waals surface area contributed by atoms with E-state index in [-0.39, 0.29) is 0 Å². The van der Waals surface area contributed by atoms with Crippen LogP contribution in [0, 0.1) is 0 Å². The zero-order valence-corrected chi connectivity index (χ0v) is 17.2. The summed E-state index contributed by atoms with van der Waals surface area (Å²) in [7, 11) is 0. The van der Waals surface area contributed by atoms with E-state index >= 15 is 0 Å². The molecule has 0 spiro atoms. The van der Waals surface area contributed by atoms with Crippen molar-refractivity contribution in [1.29, 1.82) is 0 Å². The summed E-state index contributed by atoms with van der Waals surface area (Å²) in [6.07, 6.45) is 0. The van der Waals surface area contributed by atoms with Gasteiger partial charge in [-0.05, 0) is 30.0 Å². The molecule has 5 nitrogen and oxygen atoms in total. The van der Waals surface area contributed by atoms with Gasteiger partial charge >= 0.3 is 0 Å². The van der Waals surface area contributed by atoms with Crippen LogP contribution in [0.15, 0.2) is 46.8 Å². The smallest absolute Gasteiger partial charge is 0.191 e. The maximum atomic E-state index is 6.25. The minimum Gasteiger partial charge on any atom is -0.379 e. The van der Waals surface area contributed by atoms with E-state index < -0.39 is 0 Å². The number of guanidine groups is 1. The third kappa shape index (κ3) is 5.94. The minimum absolute atomic E-state index is 0.318. The van der Waals surface area contributed by atoms with Gasteiger partial charge in [-0.25, -0.2) is 4.99 Å². The molecule has 1 saturated heterocycles. The number of aliphatic imine (C=N–C) groups is 1. The summed E-state index contributed by atoms with van der Waals surface area (Å²) in [6.45, 7) is 7.74.